The van der Waals surface area contributed by atoms with Gasteiger partial charge < -0.3 is 11.1 Å². The smallest absolute Gasteiger partial charge is 0.263 e. The molecule has 114 valence electrons. The zero-order valence-corrected chi connectivity index (χ0v) is 13.5. The lowest BCUT2D eigenvalue weighted by molar-refractivity contribution is 0.0961. The Morgan fingerprint density at radius 1 is 1.43 bits per heavy atom. The average Bonchev–Trinajstić information content (AvgIpc) is 2.77. The van der Waals surface area contributed by atoms with Crippen LogP contribution in [0, 0.1) is 0 Å². The summed E-state index contributed by atoms with van der Waals surface area (Å²) in [7, 11) is -2.03. The van der Waals surface area contributed by atoms with E-state index < -0.39 is 15.9 Å². The summed E-state index contributed by atoms with van der Waals surface area (Å²) in [4.78, 5) is 12.4. The van der Waals surface area contributed by atoms with Crippen molar-refractivity contribution in [2.75, 3.05) is 25.1 Å². The molecule has 1 heterocycles. The molecular formula is C12H14ClN3O3S2. The molecule has 0 atom stereocenters. The highest BCUT2D eigenvalue weighted by molar-refractivity contribution is 7.89. The molecule has 21 heavy (non-hydrogen) atoms. The van der Waals surface area contributed by atoms with Gasteiger partial charge in [-0.3, -0.25) is 4.79 Å². The highest BCUT2D eigenvalue weighted by atomic mass is 35.5. The molecule has 6 nitrogen and oxygen atoms in total. The first-order chi connectivity index (χ1) is 9.85. The first-order valence-corrected chi connectivity index (χ1v) is 8.86. The zero-order chi connectivity index (χ0) is 15.6. The van der Waals surface area contributed by atoms with Crippen LogP contribution in [0.25, 0.3) is 10.1 Å². The Bertz CT molecular complexity index is 786. The van der Waals surface area contributed by atoms with E-state index in [1.54, 1.807) is 12.1 Å². The van der Waals surface area contributed by atoms with Crippen molar-refractivity contribution in [2.45, 2.75) is 0 Å². The molecule has 0 spiro atoms. The largest absolute Gasteiger partial charge is 0.397 e. The number of nitrogen functional groups attached to an aromatic ring is 1. The SMILES string of the molecule is CNS(=O)(=O)CCNC(=O)c1sc2cccc(Cl)c2c1N. The highest BCUT2D eigenvalue weighted by Crippen LogP contribution is 2.37. The second kappa shape index (κ2) is 6.18. The quantitative estimate of drug-likeness (QED) is 0.761. The fraction of sp³-hybridized carbons (Fsp3) is 0.250. The Morgan fingerprint density at radius 3 is 2.76 bits per heavy atom. The van der Waals surface area contributed by atoms with Crippen molar-refractivity contribution in [1.82, 2.24) is 10.0 Å². The topological polar surface area (TPSA) is 101 Å². The molecule has 1 amide bonds. The van der Waals surface area contributed by atoms with Gasteiger partial charge in [-0.1, -0.05) is 17.7 Å². The molecule has 0 aliphatic carbocycles. The lowest BCUT2D eigenvalue weighted by atomic mass is 10.2. The number of hydrogen-bond donors (Lipinski definition) is 3. The Morgan fingerprint density at radius 2 is 2.14 bits per heavy atom. The fourth-order valence-electron chi connectivity index (χ4n) is 1.78. The lowest BCUT2D eigenvalue weighted by Crippen LogP contribution is -2.32. The van der Waals surface area contributed by atoms with Gasteiger partial charge in [0.25, 0.3) is 5.91 Å². The molecule has 0 aliphatic heterocycles. The van der Waals surface area contributed by atoms with Crippen molar-refractivity contribution >= 4 is 54.6 Å². The summed E-state index contributed by atoms with van der Waals surface area (Å²) in [5.41, 5.74) is 6.27. The molecule has 1 aromatic heterocycles. The number of sulfonamides is 1. The van der Waals surface area contributed by atoms with Crippen LogP contribution in [-0.2, 0) is 10.0 Å². The number of anilines is 1. The minimum Gasteiger partial charge on any atom is -0.397 e. The molecule has 0 saturated heterocycles. The van der Waals surface area contributed by atoms with Gasteiger partial charge >= 0.3 is 0 Å². The van der Waals surface area contributed by atoms with Gasteiger partial charge in [-0.25, -0.2) is 13.1 Å². The maximum absolute atomic E-state index is 12.1. The first-order valence-electron chi connectivity index (χ1n) is 6.01. The van der Waals surface area contributed by atoms with E-state index in [1.807, 2.05) is 6.07 Å². The predicted octanol–water partition coefficient (Wildman–Crippen LogP) is 1.42. The molecule has 0 saturated carbocycles. The van der Waals surface area contributed by atoms with E-state index >= 15 is 0 Å². The number of nitrogens with two attached hydrogens (primary N) is 1. The van der Waals surface area contributed by atoms with Crippen molar-refractivity contribution < 1.29 is 13.2 Å². The monoisotopic (exact) mass is 347 g/mol. The molecule has 0 aliphatic rings. The molecule has 0 fully saturated rings. The van der Waals surface area contributed by atoms with Crippen molar-refractivity contribution in [3.8, 4) is 0 Å². The van der Waals surface area contributed by atoms with Gasteiger partial charge in [-0.05, 0) is 19.2 Å². The van der Waals surface area contributed by atoms with Crippen LogP contribution in [0.5, 0.6) is 0 Å². The van der Waals surface area contributed by atoms with Crippen LogP contribution in [0.4, 0.5) is 5.69 Å². The van der Waals surface area contributed by atoms with Crippen molar-refractivity contribution in [3.05, 3.63) is 28.1 Å². The maximum atomic E-state index is 12.1. The normalized spacial score (nSPS) is 11.7. The summed E-state index contributed by atoms with van der Waals surface area (Å²) in [6.07, 6.45) is 0. The third kappa shape index (κ3) is 3.46. The van der Waals surface area contributed by atoms with E-state index in [9.17, 15) is 13.2 Å². The van der Waals surface area contributed by atoms with Crippen molar-refractivity contribution in [1.29, 1.82) is 0 Å². The van der Waals surface area contributed by atoms with Crippen LogP contribution in [0.15, 0.2) is 18.2 Å². The number of halogens is 1. The fourth-order valence-corrected chi connectivity index (χ4v) is 3.75. The summed E-state index contributed by atoms with van der Waals surface area (Å²) < 4.78 is 25.5. The third-order valence-corrected chi connectivity index (χ3v) is 5.72. The molecule has 2 aromatic rings. The highest BCUT2D eigenvalue weighted by Gasteiger charge is 2.18. The Balaban J connectivity index is 2.17. The number of benzene rings is 1. The van der Waals surface area contributed by atoms with Crippen LogP contribution in [-0.4, -0.2) is 33.7 Å². The molecule has 9 heteroatoms. The minimum absolute atomic E-state index is 0.00340. The molecule has 4 N–H and O–H groups in total. The molecule has 1 aromatic carbocycles. The standard InChI is InChI=1S/C12H14ClN3O3S2/c1-15-21(18,19)6-5-16-12(17)11-10(14)9-7(13)3-2-4-8(9)20-11/h2-4,15H,5-6,14H2,1H3,(H,16,17). The van der Waals surface area contributed by atoms with Crippen LogP contribution >= 0.6 is 22.9 Å². The van der Waals surface area contributed by atoms with Crippen molar-refractivity contribution in [2.24, 2.45) is 0 Å². The minimum atomic E-state index is -3.35. The number of nitrogens with one attached hydrogen (secondary N) is 2. The van der Waals surface area contributed by atoms with Crippen LogP contribution in [0.1, 0.15) is 9.67 Å². The van der Waals surface area contributed by atoms with Crippen molar-refractivity contribution in [3.63, 3.8) is 0 Å². The van der Waals surface area contributed by atoms with E-state index in [2.05, 4.69) is 10.0 Å². The van der Waals surface area contributed by atoms with E-state index in [4.69, 9.17) is 17.3 Å². The van der Waals surface area contributed by atoms with E-state index in [1.165, 1.54) is 18.4 Å². The average molecular weight is 348 g/mol. The summed E-state index contributed by atoms with van der Waals surface area (Å²) in [6, 6.07) is 5.31. The molecular weight excluding hydrogens is 334 g/mol. The van der Waals surface area contributed by atoms with Gasteiger partial charge in [-0.2, -0.15) is 0 Å². The molecule has 0 radical (unpaired) electrons. The Kier molecular flexibility index (Phi) is 4.72. The lowest BCUT2D eigenvalue weighted by Gasteiger charge is -2.05. The number of amides is 1. The zero-order valence-electron chi connectivity index (χ0n) is 11.1. The summed E-state index contributed by atoms with van der Waals surface area (Å²) in [6.45, 7) is 0.00340. The number of thiophene rings is 1. The van der Waals surface area contributed by atoms with Crippen LogP contribution < -0.4 is 15.8 Å². The van der Waals surface area contributed by atoms with E-state index in [0.717, 1.165) is 4.70 Å². The van der Waals surface area contributed by atoms with Gasteiger partial charge in [-0.15, -0.1) is 11.3 Å². The van der Waals surface area contributed by atoms with Crippen LogP contribution in [0.2, 0.25) is 5.02 Å². The number of carbonyl (C=O) groups is 1. The maximum Gasteiger partial charge on any atom is 0.263 e. The Hall–Kier alpha value is -1.35. The predicted molar refractivity (Wildman–Crippen MR) is 86.4 cm³/mol. The van der Waals surface area contributed by atoms with Gasteiger partial charge in [0.05, 0.1) is 16.5 Å². The molecule has 0 unspecified atom stereocenters. The van der Waals surface area contributed by atoms with E-state index in [-0.39, 0.29) is 12.3 Å². The summed E-state index contributed by atoms with van der Waals surface area (Å²) in [5, 5.41) is 3.67. The second-order valence-corrected chi connectivity index (χ2v) is 7.74. The number of hydrogen-bond acceptors (Lipinski definition) is 5. The number of carbonyl (C=O) groups excluding carboxylic acids is 1. The van der Waals surface area contributed by atoms with E-state index in [0.29, 0.717) is 21.0 Å². The van der Waals surface area contributed by atoms with Crippen LogP contribution in [0.3, 0.4) is 0 Å². The number of fused-ring (bicyclic) bond motifs is 1. The summed E-state index contributed by atoms with van der Waals surface area (Å²) in [5.74, 6) is -0.600. The van der Waals surface area contributed by atoms with Gasteiger partial charge in [0.2, 0.25) is 10.0 Å². The summed E-state index contributed by atoms with van der Waals surface area (Å²) >= 11 is 7.29. The number of rotatable bonds is 5. The molecule has 2 rings (SSSR count). The van der Waals surface area contributed by atoms with Gasteiger partial charge in [0, 0.05) is 16.6 Å². The third-order valence-electron chi connectivity index (χ3n) is 2.87. The Labute approximate surface area is 131 Å². The van der Waals surface area contributed by atoms with Gasteiger partial charge in [0.15, 0.2) is 0 Å². The first kappa shape index (κ1) is 16.0. The van der Waals surface area contributed by atoms with Gasteiger partial charge in [0.1, 0.15) is 4.88 Å². The molecule has 0 bridgehead atoms. The second-order valence-electron chi connectivity index (χ2n) is 4.24.